The zero-order chi connectivity index (χ0) is 50.1. The molecule has 10 aromatic carbocycles. The lowest BCUT2D eigenvalue weighted by Crippen LogP contribution is -2.12. The van der Waals surface area contributed by atoms with Crippen molar-refractivity contribution >= 4 is 44.8 Å². The maximum atomic E-state index is 6.62. The van der Waals surface area contributed by atoms with Crippen molar-refractivity contribution < 1.29 is 9.47 Å². The molecule has 0 aliphatic rings. The van der Waals surface area contributed by atoms with Gasteiger partial charge in [-0.3, -0.25) is 0 Å². The first kappa shape index (κ1) is 48.4. The number of fused-ring (bicyclic) bond motifs is 2. The minimum Gasteiger partial charge on any atom is -0.496 e. The zero-order valence-corrected chi connectivity index (χ0v) is 42.9. The number of hydrogen-bond donors (Lipinski definition) is 0. The summed E-state index contributed by atoms with van der Waals surface area (Å²) in [6.07, 6.45) is 9.34. The Kier molecular flexibility index (Phi) is 14.9. The van der Waals surface area contributed by atoms with E-state index in [9.17, 15) is 0 Å². The molecule has 0 saturated carbocycles. The van der Waals surface area contributed by atoms with Crippen LogP contribution in [0.2, 0.25) is 0 Å². The van der Waals surface area contributed by atoms with Gasteiger partial charge in [0.25, 0.3) is 0 Å². The molecule has 0 bridgehead atoms. The lowest BCUT2D eigenvalue weighted by molar-refractivity contribution is 0.234. The predicted molar refractivity (Wildman–Crippen MR) is 312 cm³/mol. The molecule has 0 aliphatic heterocycles. The minimum atomic E-state index is 0.537. The summed E-state index contributed by atoms with van der Waals surface area (Å²) in [7, 11) is 1.74. The van der Waals surface area contributed by atoms with Crippen LogP contribution in [0.4, 0.5) is 0 Å². The van der Waals surface area contributed by atoms with E-state index in [1.807, 2.05) is 0 Å². The van der Waals surface area contributed by atoms with Gasteiger partial charge in [0.1, 0.15) is 11.5 Å². The summed E-state index contributed by atoms with van der Waals surface area (Å²) in [5.74, 6) is 2.31. The number of ether oxygens (including phenoxy) is 2. The Hall–Kier alpha value is -8.20. The van der Waals surface area contributed by atoms with Gasteiger partial charge in [-0.15, -0.1) is 0 Å². The Bertz CT molecular complexity index is 3470. The van der Waals surface area contributed by atoms with Crippen molar-refractivity contribution in [3.8, 4) is 44.9 Å². The largest absolute Gasteiger partial charge is 0.496 e. The highest BCUT2D eigenvalue weighted by Gasteiger charge is 2.19. The molecule has 2 nitrogen and oxygen atoms in total. The molecule has 0 radical (unpaired) electrons. The molecule has 0 fully saturated rings. The molecule has 1 unspecified atom stereocenters. The first-order valence-electron chi connectivity index (χ1n) is 26.1. The van der Waals surface area contributed by atoms with Crippen molar-refractivity contribution in [2.75, 3.05) is 13.7 Å². The third-order valence-electron chi connectivity index (χ3n) is 14.5. The van der Waals surface area contributed by atoms with Crippen molar-refractivity contribution in [2.45, 2.75) is 53.4 Å². The van der Waals surface area contributed by atoms with Gasteiger partial charge in [-0.2, -0.15) is 0 Å². The molecule has 10 aromatic rings. The molecule has 0 aliphatic carbocycles. The third kappa shape index (κ3) is 10.7. The molecule has 2 heteroatoms. The van der Waals surface area contributed by atoms with Crippen LogP contribution in [0, 0.1) is 19.8 Å². The van der Waals surface area contributed by atoms with E-state index < -0.39 is 0 Å². The van der Waals surface area contributed by atoms with Crippen LogP contribution in [0.5, 0.6) is 11.5 Å². The van der Waals surface area contributed by atoms with E-state index in [1.165, 1.54) is 96.5 Å². The number of hydrogen-bond acceptors (Lipinski definition) is 2. The van der Waals surface area contributed by atoms with Gasteiger partial charge >= 0.3 is 0 Å². The maximum absolute atomic E-state index is 6.62. The number of aryl methyl sites for hydroxylation is 2. The van der Waals surface area contributed by atoms with E-state index in [-0.39, 0.29) is 0 Å². The summed E-state index contributed by atoms with van der Waals surface area (Å²) in [6.45, 7) is 9.46. The molecule has 0 aromatic heterocycles. The summed E-state index contributed by atoms with van der Waals surface area (Å²) in [5.41, 5.74) is 18.7. The second-order valence-electron chi connectivity index (χ2n) is 19.4. The first-order chi connectivity index (χ1) is 35.9. The Morgan fingerprint density at radius 1 is 0.452 bits per heavy atom. The smallest absolute Gasteiger partial charge is 0.127 e. The number of unbranched alkanes of at least 4 members (excludes halogenated alkanes) is 1. The van der Waals surface area contributed by atoms with Crippen molar-refractivity contribution in [1.82, 2.24) is 0 Å². The molecule has 0 heterocycles. The molecular weight excluding hydrogens is 885 g/mol. The molecule has 360 valence electrons. The van der Waals surface area contributed by atoms with Crippen molar-refractivity contribution in [3.05, 3.63) is 263 Å². The highest BCUT2D eigenvalue weighted by Crippen LogP contribution is 2.45. The van der Waals surface area contributed by atoms with E-state index in [1.54, 1.807) is 7.11 Å². The number of methoxy groups -OCH3 is 1. The summed E-state index contributed by atoms with van der Waals surface area (Å²) in [5, 5.41) is 4.94. The second kappa shape index (κ2) is 22.5. The van der Waals surface area contributed by atoms with Crippen LogP contribution in [0.25, 0.3) is 78.2 Å². The molecule has 0 spiro atoms. The molecule has 0 amide bonds. The minimum absolute atomic E-state index is 0.537. The molecule has 10 rings (SSSR count). The first-order valence-corrected chi connectivity index (χ1v) is 26.1. The Labute approximate surface area is 433 Å². The van der Waals surface area contributed by atoms with Gasteiger partial charge in [0.15, 0.2) is 0 Å². The van der Waals surface area contributed by atoms with Crippen LogP contribution in [0.3, 0.4) is 0 Å². The van der Waals surface area contributed by atoms with Crippen LogP contribution in [0.15, 0.2) is 218 Å². The fourth-order valence-electron chi connectivity index (χ4n) is 10.4. The summed E-state index contributed by atoms with van der Waals surface area (Å²) in [6, 6.07) is 79.6. The quantitative estimate of drug-likeness (QED) is 0.0669. The lowest BCUT2D eigenvalue weighted by atomic mass is 9.85. The fraction of sp³-hybridized carbons (Fsp3) is 0.155. The third-order valence-corrected chi connectivity index (χ3v) is 14.5. The monoisotopic (exact) mass is 948 g/mol. The van der Waals surface area contributed by atoms with Crippen molar-refractivity contribution in [2.24, 2.45) is 5.92 Å². The summed E-state index contributed by atoms with van der Waals surface area (Å²) in [4.78, 5) is 0. The van der Waals surface area contributed by atoms with Gasteiger partial charge in [-0.25, -0.2) is 0 Å². The Morgan fingerprint density at radius 2 is 0.877 bits per heavy atom. The zero-order valence-electron chi connectivity index (χ0n) is 42.9. The molecule has 1 atom stereocenters. The van der Waals surface area contributed by atoms with E-state index in [4.69, 9.17) is 9.47 Å². The van der Waals surface area contributed by atoms with Crippen LogP contribution < -0.4 is 9.47 Å². The Balaban J connectivity index is 0.995. The number of rotatable bonds is 17. The Morgan fingerprint density at radius 3 is 1.32 bits per heavy atom. The van der Waals surface area contributed by atoms with Gasteiger partial charge in [-0.1, -0.05) is 245 Å². The molecule has 73 heavy (non-hydrogen) atoms. The van der Waals surface area contributed by atoms with Gasteiger partial charge in [0.05, 0.1) is 13.7 Å². The van der Waals surface area contributed by atoms with Gasteiger partial charge < -0.3 is 9.47 Å². The van der Waals surface area contributed by atoms with Crippen LogP contribution >= 0.6 is 0 Å². The van der Waals surface area contributed by atoms with Crippen LogP contribution in [-0.2, 0) is 0 Å². The van der Waals surface area contributed by atoms with E-state index in [2.05, 4.69) is 258 Å². The van der Waals surface area contributed by atoms with Gasteiger partial charge in [0, 0.05) is 5.56 Å². The normalized spacial score (nSPS) is 12.3. The topological polar surface area (TPSA) is 18.5 Å². The lowest BCUT2D eigenvalue weighted by Gasteiger charge is -2.19. The standard InChI is InChI=1S/C71H64O2/c1-6-8-19-51(7-2)48-73-69-44-50(4)68(72-5)47-67(69)58-34-32-53(33-35-58)46-66(55-22-13-10-14-23-55)57-38-42-60(43-39-57)71-63-26-17-15-24-61(63)70(62-25-16-18-27-64(62)71)59-40-36-56(37-41-59)65(54-20-11-9-12-21-54)45-52-30-28-49(3)29-31-52/h9-18,20-47,51H,6-8,19,48H2,1-5H3/b65-45+,66-46+. The second-order valence-corrected chi connectivity index (χ2v) is 19.4. The highest BCUT2D eigenvalue weighted by atomic mass is 16.5. The van der Waals surface area contributed by atoms with E-state index in [0.717, 1.165) is 51.3 Å². The predicted octanol–water partition coefficient (Wildman–Crippen LogP) is 19.4. The highest BCUT2D eigenvalue weighted by molar-refractivity contribution is 6.21. The average molecular weight is 949 g/mol. The van der Waals surface area contributed by atoms with Gasteiger partial charge in [0.2, 0.25) is 0 Å². The molecule has 0 saturated heterocycles. The van der Waals surface area contributed by atoms with Crippen molar-refractivity contribution in [3.63, 3.8) is 0 Å². The summed E-state index contributed by atoms with van der Waals surface area (Å²) >= 11 is 0. The van der Waals surface area contributed by atoms with E-state index >= 15 is 0 Å². The van der Waals surface area contributed by atoms with Gasteiger partial charge in [-0.05, 0) is 150 Å². The van der Waals surface area contributed by atoms with Crippen molar-refractivity contribution in [1.29, 1.82) is 0 Å². The van der Waals surface area contributed by atoms with Crippen LogP contribution in [-0.4, -0.2) is 13.7 Å². The maximum Gasteiger partial charge on any atom is 0.127 e. The SMILES string of the molecule is CCCCC(CC)COc1cc(C)c(OC)cc1-c1ccc(/C=C(\c2ccccc2)c2ccc(-c3c4ccccc4c(-c4ccc(/C(=C/c5ccc(C)cc5)c5ccccc5)cc4)c4ccccc34)cc2)cc1. The van der Waals surface area contributed by atoms with E-state index in [0.29, 0.717) is 12.5 Å². The van der Waals surface area contributed by atoms with Crippen LogP contribution in [0.1, 0.15) is 84.0 Å². The summed E-state index contributed by atoms with van der Waals surface area (Å²) < 4.78 is 12.4. The average Bonchev–Trinajstić information content (AvgIpc) is 3.44. The molecular formula is C71H64O2. The molecule has 0 N–H and O–H groups in total. The number of benzene rings is 10. The fourth-order valence-corrected chi connectivity index (χ4v) is 10.4.